The zero-order valence-corrected chi connectivity index (χ0v) is 28.9. The van der Waals surface area contributed by atoms with Gasteiger partial charge in [0.2, 0.25) is 0 Å². The standard InChI is InChI=1S/C37H38F3N7O3S/c38-19-10-37(7-1-8-46(37)12-19)18-50-36-43-32-30(35(44-36)47-20-2-3-21(47)14-45(13-20)15-22-6-9-49-22)26-17-48-16-25(26)28(31(32)40)23-4-5-27(39)33-29(23)24(11-41)34(42)51-33/h4-5,19-22H,1-3,6-10,12-18,42H2/t19-,20?,21?,22-,37+/m1/s1. The lowest BCUT2D eigenvalue weighted by atomic mass is 9.90. The summed E-state index contributed by atoms with van der Waals surface area (Å²) in [6.45, 7) is 5.19. The number of nitrogen functional groups attached to an aromatic ring is 1. The second-order valence-corrected chi connectivity index (χ2v) is 16.2. The van der Waals surface area contributed by atoms with Crippen molar-refractivity contribution in [1.82, 2.24) is 19.8 Å². The minimum Gasteiger partial charge on any atom is -0.461 e. The third-order valence-electron chi connectivity index (χ3n) is 12.2. The maximum absolute atomic E-state index is 17.6. The van der Waals surface area contributed by atoms with Crippen molar-refractivity contribution in [2.24, 2.45) is 0 Å². The molecule has 10 rings (SSSR count). The summed E-state index contributed by atoms with van der Waals surface area (Å²) >= 11 is 0.979. The number of halogens is 3. The van der Waals surface area contributed by atoms with Gasteiger partial charge in [-0.2, -0.15) is 15.2 Å². The number of fused-ring (bicyclic) bond motifs is 7. The number of piperazine rings is 1. The number of hydrogen-bond donors (Lipinski definition) is 1. The van der Waals surface area contributed by atoms with Crippen LogP contribution in [0.15, 0.2) is 12.1 Å². The molecule has 0 radical (unpaired) electrons. The molecule has 5 saturated heterocycles. The predicted octanol–water partition coefficient (Wildman–Crippen LogP) is 5.67. The zero-order valence-electron chi connectivity index (χ0n) is 28.1. The molecule has 2 unspecified atom stereocenters. The topological polar surface area (TPSA) is 113 Å². The first-order valence-electron chi connectivity index (χ1n) is 18.0. The van der Waals surface area contributed by atoms with E-state index in [0.29, 0.717) is 35.3 Å². The second-order valence-electron chi connectivity index (χ2n) is 15.1. The highest BCUT2D eigenvalue weighted by molar-refractivity contribution is 7.23. The van der Waals surface area contributed by atoms with Crippen molar-refractivity contribution < 1.29 is 27.4 Å². The largest absolute Gasteiger partial charge is 0.461 e. The number of hydrogen-bond acceptors (Lipinski definition) is 11. The summed E-state index contributed by atoms with van der Waals surface area (Å²) in [5, 5.41) is 11.1. The molecule has 10 nitrogen and oxygen atoms in total. The van der Waals surface area contributed by atoms with E-state index in [1.807, 2.05) is 0 Å². The average molecular weight is 718 g/mol. The number of ether oxygens (including phenoxy) is 3. The highest BCUT2D eigenvalue weighted by Gasteiger charge is 2.50. The van der Waals surface area contributed by atoms with Crippen LogP contribution in [0.25, 0.3) is 32.1 Å². The summed E-state index contributed by atoms with van der Waals surface area (Å²) in [6, 6.07) is 5.29. The molecule has 14 heteroatoms. The minimum absolute atomic E-state index is 0.0520. The van der Waals surface area contributed by atoms with Gasteiger partial charge in [0.1, 0.15) is 41.0 Å². The first-order chi connectivity index (χ1) is 24.8. The lowest BCUT2D eigenvalue weighted by Gasteiger charge is -2.44. The number of nitrogens with two attached hydrogens (primary N) is 1. The van der Waals surface area contributed by atoms with Crippen molar-refractivity contribution in [2.75, 3.05) is 56.6 Å². The summed E-state index contributed by atoms with van der Waals surface area (Å²) in [5.41, 5.74) is 7.96. The molecule has 2 aromatic carbocycles. The molecule has 6 aliphatic rings. The van der Waals surface area contributed by atoms with E-state index < -0.39 is 23.3 Å². The number of rotatable bonds is 7. The molecule has 8 heterocycles. The fraction of sp³-hybridized carbons (Fsp3) is 0.541. The van der Waals surface area contributed by atoms with E-state index in [2.05, 4.69) is 20.8 Å². The van der Waals surface area contributed by atoms with Crippen molar-refractivity contribution in [1.29, 1.82) is 5.26 Å². The van der Waals surface area contributed by atoms with E-state index in [0.717, 1.165) is 81.8 Å². The van der Waals surface area contributed by atoms with Crippen LogP contribution in [0.2, 0.25) is 0 Å². The number of likely N-dealkylation sites (tertiary alicyclic amines) is 1. The molecular weight excluding hydrogens is 680 g/mol. The van der Waals surface area contributed by atoms with E-state index >= 15 is 8.78 Å². The van der Waals surface area contributed by atoms with Crippen molar-refractivity contribution in [3.05, 3.63) is 40.5 Å². The van der Waals surface area contributed by atoms with Crippen molar-refractivity contribution in [2.45, 2.75) is 81.6 Å². The third-order valence-corrected chi connectivity index (χ3v) is 13.3. The number of benzene rings is 2. The summed E-state index contributed by atoms with van der Waals surface area (Å²) in [5.74, 6) is -0.503. The van der Waals surface area contributed by atoms with Gasteiger partial charge in [-0.05, 0) is 61.4 Å². The van der Waals surface area contributed by atoms with E-state index in [1.165, 1.54) is 12.1 Å². The highest BCUT2D eigenvalue weighted by Crippen LogP contribution is 2.49. The van der Waals surface area contributed by atoms with Gasteiger partial charge in [-0.1, -0.05) is 6.07 Å². The first kappa shape index (κ1) is 32.0. The van der Waals surface area contributed by atoms with Crippen molar-refractivity contribution in [3.8, 4) is 23.2 Å². The Kier molecular flexibility index (Phi) is 7.45. The summed E-state index contributed by atoms with van der Waals surface area (Å²) < 4.78 is 65.8. The smallest absolute Gasteiger partial charge is 0.319 e. The van der Waals surface area contributed by atoms with Gasteiger partial charge in [-0.15, -0.1) is 11.3 Å². The van der Waals surface area contributed by atoms with Gasteiger partial charge in [-0.25, -0.2) is 13.2 Å². The molecular formula is C37H38F3N7O3S. The Morgan fingerprint density at radius 1 is 1.08 bits per heavy atom. The number of nitrogens with zero attached hydrogens (tertiary/aromatic N) is 6. The lowest BCUT2D eigenvalue weighted by Crippen LogP contribution is -2.56. The van der Waals surface area contributed by atoms with E-state index in [-0.39, 0.29) is 75.7 Å². The Hall–Kier alpha value is -3.74. The molecule has 2 N–H and O–H groups in total. The number of thiophene rings is 1. The molecule has 0 spiro atoms. The maximum atomic E-state index is 17.6. The van der Waals surface area contributed by atoms with E-state index in [9.17, 15) is 9.65 Å². The van der Waals surface area contributed by atoms with Crippen LogP contribution < -0.4 is 15.4 Å². The molecule has 2 aromatic heterocycles. The Labute approximate surface area is 296 Å². The highest BCUT2D eigenvalue weighted by atomic mass is 32.1. The molecule has 5 fully saturated rings. The van der Waals surface area contributed by atoms with Gasteiger partial charge in [0.25, 0.3) is 0 Å². The predicted molar refractivity (Wildman–Crippen MR) is 187 cm³/mol. The number of nitriles is 1. The van der Waals surface area contributed by atoms with E-state index in [1.54, 1.807) is 0 Å². The van der Waals surface area contributed by atoms with Crippen LogP contribution in [0.5, 0.6) is 6.01 Å². The van der Waals surface area contributed by atoms with Crippen LogP contribution in [-0.2, 0) is 22.7 Å². The monoisotopic (exact) mass is 717 g/mol. The second kappa shape index (κ2) is 11.9. The Bertz CT molecular complexity index is 2120. The quantitative estimate of drug-likeness (QED) is 0.257. The summed E-state index contributed by atoms with van der Waals surface area (Å²) in [6.07, 6.45) is 4.57. The van der Waals surface area contributed by atoms with Crippen LogP contribution >= 0.6 is 11.3 Å². The fourth-order valence-corrected chi connectivity index (χ4v) is 10.8. The first-order valence-corrected chi connectivity index (χ1v) is 18.8. The molecule has 0 amide bonds. The molecule has 4 aromatic rings. The Balaban J connectivity index is 1.14. The van der Waals surface area contributed by atoms with Crippen LogP contribution in [0.1, 0.15) is 55.2 Å². The number of alkyl halides is 1. The molecule has 0 saturated carbocycles. The Morgan fingerprint density at radius 3 is 2.65 bits per heavy atom. The molecule has 2 bridgehead atoms. The van der Waals surface area contributed by atoms with Crippen LogP contribution in [0.4, 0.5) is 24.0 Å². The molecule has 5 atom stereocenters. The zero-order chi connectivity index (χ0) is 34.6. The summed E-state index contributed by atoms with van der Waals surface area (Å²) in [4.78, 5) is 16.9. The molecule has 6 aliphatic heterocycles. The third kappa shape index (κ3) is 4.88. The number of aromatic nitrogens is 2. The molecule has 266 valence electrons. The molecule has 0 aliphatic carbocycles. The lowest BCUT2D eigenvalue weighted by molar-refractivity contribution is -0.0687. The van der Waals surface area contributed by atoms with Crippen molar-refractivity contribution >= 4 is 43.1 Å². The number of anilines is 2. The van der Waals surface area contributed by atoms with Gasteiger partial charge in [0.15, 0.2) is 5.82 Å². The fourth-order valence-electron chi connectivity index (χ4n) is 9.88. The van der Waals surface area contributed by atoms with Gasteiger partial charge in [-0.3, -0.25) is 9.80 Å². The normalized spacial score (nSPS) is 28.8. The van der Waals surface area contributed by atoms with Gasteiger partial charge < -0.3 is 24.8 Å². The van der Waals surface area contributed by atoms with Crippen LogP contribution in [0, 0.1) is 23.0 Å². The van der Waals surface area contributed by atoms with Gasteiger partial charge in [0, 0.05) is 62.2 Å². The Morgan fingerprint density at radius 2 is 1.88 bits per heavy atom. The SMILES string of the molecule is N#Cc1c(N)sc2c(F)ccc(-c3c4c(c5c(N6C7CCC6CN(C[C@H]6CCO6)C7)nc(OC[C@@]67CCCN6C[C@H](F)C7)nc5c3F)COC4)c12. The van der Waals surface area contributed by atoms with E-state index in [4.69, 9.17) is 29.9 Å². The van der Waals surface area contributed by atoms with Crippen molar-refractivity contribution in [3.63, 3.8) is 0 Å². The summed E-state index contributed by atoms with van der Waals surface area (Å²) in [7, 11) is 0. The van der Waals surface area contributed by atoms with Gasteiger partial charge in [0.05, 0.1) is 40.5 Å². The minimum atomic E-state index is -0.918. The van der Waals surface area contributed by atoms with Gasteiger partial charge >= 0.3 is 6.01 Å². The average Bonchev–Trinajstić information content (AvgIpc) is 3.90. The molecule has 51 heavy (non-hydrogen) atoms. The van der Waals surface area contributed by atoms with Crippen LogP contribution in [0.3, 0.4) is 0 Å². The van der Waals surface area contributed by atoms with Crippen LogP contribution in [-0.4, -0.2) is 95.6 Å². The maximum Gasteiger partial charge on any atom is 0.319 e.